The van der Waals surface area contributed by atoms with E-state index >= 15 is 0 Å². The fraction of sp³-hybridized carbons (Fsp3) is 0.706. The van der Waals surface area contributed by atoms with Gasteiger partial charge in [0.25, 0.3) is 0 Å². The van der Waals surface area contributed by atoms with Crippen LogP contribution in [0.3, 0.4) is 0 Å². The minimum Gasteiger partial charge on any atom is -0.472 e. The molecule has 23 heavy (non-hydrogen) atoms. The van der Waals surface area contributed by atoms with Crippen LogP contribution in [0.5, 0.6) is 0 Å². The van der Waals surface area contributed by atoms with E-state index < -0.39 is 0 Å². The second kappa shape index (κ2) is 6.53. The summed E-state index contributed by atoms with van der Waals surface area (Å²) in [5.41, 5.74) is 1.20. The van der Waals surface area contributed by atoms with Crippen LogP contribution in [0.15, 0.2) is 23.0 Å². The van der Waals surface area contributed by atoms with Gasteiger partial charge in [0.1, 0.15) is 0 Å². The van der Waals surface area contributed by atoms with Gasteiger partial charge in [0, 0.05) is 57.3 Å². The summed E-state index contributed by atoms with van der Waals surface area (Å²) in [7, 11) is 0. The van der Waals surface area contributed by atoms with E-state index in [4.69, 9.17) is 9.15 Å². The highest BCUT2D eigenvalue weighted by Crippen LogP contribution is 2.26. The number of rotatable bonds is 2. The molecule has 3 saturated heterocycles. The fourth-order valence-corrected chi connectivity index (χ4v) is 4.01. The Kier molecular flexibility index (Phi) is 4.27. The van der Waals surface area contributed by atoms with Gasteiger partial charge in [-0.3, -0.25) is 4.90 Å². The Morgan fingerprint density at radius 2 is 2.00 bits per heavy atom. The lowest BCUT2D eigenvalue weighted by atomic mass is 10.1. The molecule has 0 spiro atoms. The van der Waals surface area contributed by atoms with Crippen LogP contribution < -0.4 is 0 Å². The molecule has 3 fully saturated rings. The van der Waals surface area contributed by atoms with Gasteiger partial charge in [-0.1, -0.05) is 0 Å². The monoisotopic (exact) mass is 319 g/mol. The second-order valence-corrected chi connectivity index (χ2v) is 6.92. The zero-order valence-corrected chi connectivity index (χ0v) is 13.5. The third-order valence-electron chi connectivity index (χ3n) is 5.25. The molecular weight excluding hydrogens is 294 g/mol. The summed E-state index contributed by atoms with van der Waals surface area (Å²) in [6, 6.07) is 2.22. The van der Waals surface area contributed by atoms with E-state index in [9.17, 15) is 4.79 Å². The smallest absolute Gasteiger partial charge is 0.320 e. The first-order valence-electron chi connectivity index (χ1n) is 8.68. The predicted molar refractivity (Wildman–Crippen MR) is 85.0 cm³/mol. The van der Waals surface area contributed by atoms with Crippen molar-refractivity contribution in [2.75, 3.05) is 45.9 Å². The zero-order valence-electron chi connectivity index (χ0n) is 13.5. The van der Waals surface area contributed by atoms with E-state index in [0.29, 0.717) is 5.92 Å². The highest BCUT2D eigenvalue weighted by molar-refractivity contribution is 5.75. The van der Waals surface area contributed by atoms with E-state index in [1.807, 2.05) is 15.9 Å². The quantitative estimate of drug-likeness (QED) is 0.831. The van der Waals surface area contributed by atoms with Gasteiger partial charge in [0.05, 0.1) is 25.2 Å². The van der Waals surface area contributed by atoms with Gasteiger partial charge in [-0.05, 0) is 18.9 Å². The highest BCUT2D eigenvalue weighted by atomic mass is 16.5. The fourth-order valence-electron chi connectivity index (χ4n) is 4.01. The third-order valence-corrected chi connectivity index (χ3v) is 5.25. The average molecular weight is 319 g/mol. The summed E-state index contributed by atoms with van der Waals surface area (Å²) in [5.74, 6) is 0.413. The molecule has 2 amide bonds. The molecule has 0 aromatic carbocycles. The van der Waals surface area contributed by atoms with Crippen LogP contribution in [-0.2, 0) is 11.3 Å². The van der Waals surface area contributed by atoms with Crippen LogP contribution in [0.4, 0.5) is 4.79 Å². The van der Waals surface area contributed by atoms with Crippen molar-refractivity contribution in [2.45, 2.75) is 25.5 Å². The van der Waals surface area contributed by atoms with Crippen molar-refractivity contribution >= 4 is 6.03 Å². The minimum atomic E-state index is 0.191. The predicted octanol–water partition coefficient (Wildman–Crippen LogP) is 1.63. The maximum absolute atomic E-state index is 12.6. The lowest BCUT2D eigenvalue weighted by Gasteiger charge is -2.25. The molecule has 1 aromatic rings. The number of hydrogen-bond acceptors (Lipinski definition) is 4. The Morgan fingerprint density at radius 1 is 1.13 bits per heavy atom. The molecule has 0 radical (unpaired) electrons. The Hall–Kier alpha value is -1.53. The lowest BCUT2D eigenvalue weighted by molar-refractivity contribution is 0.0520. The highest BCUT2D eigenvalue weighted by Gasteiger charge is 2.40. The van der Waals surface area contributed by atoms with Gasteiger partial charge in [0.2, 0.25) is 0 Å². The van der Waals surface area contributed by atoms with Crippen molar-refractivity contribution < 1.29 is 13.9 Å². The Bertz CT molecular complexity index is 527. The molecule has 1 aromatic heterocycles. The van der Waals surface area contributed by atoms with Crippen LogP contribution >= 0.6 is 0 Å². The summed E-state index contributed by atoms with van der Waals surface area (Å²) < 4.78 is 11.2. The maximum atomic E-state index is 12.6. The molecule has 126 valence electrons. The SMILES string of the molecule is O=C(N1CCCC1)N1C[C@@H]2CN(Cc3ccoc3)CCO[C@@H]2C1. The molecule has 6 heteroatoms. The molecule has 0 unspecified atom stereocenters. The largest absolute Gasteiger partial charge is 0.472 e. The standard InChI is InChI=1S/C17H25N3O3/c21-17(19-4-1-2-5-19)20-11-15-10-18(6-8-23-16(15)12-20)9-14-3-7-22-13-14/h3,7,13,15-16H,1-2,4-6,8-12H2/t15-,16+/m0/s1. The summed E-state index contributed by atoms with van der Waals surface area (Å²) in [6.07, 6.45) is 6.00. The maximum Gasteiger partial charge on any atom is 0.320 e. The first kappa shape index (κ1) is 15.0. The van der Waals surface area contributed by atoms with Gasteiger partial charge < -0.3 is 19.0 Å². The molecule has 3 aliphatic heterocycles. The number of nitrogens with zero attached hydrogens (tertiary/aromatic N) is 3. The Labute approximate surface area is 137 Å². The number of ether oxygens (including phenoxy) is 1. The number of carbonyl (C=O) groups excluding carboxylic acids is 1. The number of amides is 2. The average Bonchev–Trinajstić information content (AvgIpc) is 3.28. The topological polar surface area (TPSA) is 49.2 Å². The van der Waals surface area contributed by atoms with Crippen molar-refractivity contribution in [1.29, 1.82) is 0 Å². The molecule has 0 aliphatic carbocycles. The van der Waals surface area contributed by atoms with Crippen molar-refractivity contribution in [2.24, 2.45) is 5.92 Å². The number of furan rings is 1. The number of carbonyl (C=O) groups is 1. The van der Waals surface area contributed by atoms with E-state index in [2.05, 4.69) is 4.90 Å². The molecule has 6 nitrogen and oxygen atoms in total. The zero-order chi connectivity index (χ0) is 15.6. The Morgan fingerprint density at radius 3 is 2.78 bits per heavy atom. The lowest BCUT2D eigenvalue weighted by Crippen LogP contribution is -2.41. The number of fused-ring (bicyclic) bond motifs is 1. The van der Waals surface area contributed by atoms with Gasteiger partial charge in [-0.15, -0.1) is 0 Å². The molecule has 3 aliphatic rings. The summed E-state index contributed by atoms with van der Waals surface area (Å²) in [5, 5.41) is 0. The van der Waals surface area contributed by atoms with Gasteiger partial charge in [-0.2, -0.15) is 0 Å². The van der Waals surface area contributed by atoms with Crippen LogP contribution in [0.25, 0.3) is 0 Å². The van der Waals surface area contributed by atoms with Crippen molar-refractivity contribution in [3.8, 4) is 0 Å². The van der Waals surface area contributed by atoms with Crippen LogP contribution in [0, 0.1) is 5.92 Å². The first-order chi connectivity index (χ1) is 11.3. The van der Waals surface area contributed by atoms with Crippen LogP contribution in [0.2, 0.25) is 0 Å². The van der Waals surface area contributed by atoms with Crippen molar-refractivity contribution in [1.82, 2.24) is 14.7 Å². The van der Waals surface area contributed by atoms with Gasteiger partial charge >= 0.3 is 6.03 Å². The number of likely N-dealkylation sites (tertiary alicyclic amines) is 2. The van der Waals surface area contributed by atoms with Gasteiger partial charge in [-0.25, -0.2) is 4.79 Å². The third kappa shape index (κ3) is 3.23. The number of urea groups is 1. The van der Waals surface area contributed by atoms with E-state index in [-0.39, 0.29) is 12.1 Å². The molecular formula is C17H25N3O3. The van der Waals surface area contributed by atoms with E-state index in [0.717, 1.165) is 65.3 Å². The van der Waals surface area contributed by atoms with Crippen LogP contribution in [0.1, 0.15) is 18.4 Å². The Balaban J connectivity index is 1.37. The first-order valence-corrected chi connectivity index (χ1v) is 8.68. The molecule has 2 atom stereocenters. The molecule has 0 bridgehead atoms. The normalized spacial score (nSPS) is 28.9. The summed E-state index contributed by atoms with van der Waals surface area (Å²) >= 11 is 0. The summed E-state index contributed by atoms with van der Waals surface area (Å²) in [4.78, 5) is 19.0. The molecule has 0 saturated carbocycles. The van der Waals surface area contributed by atoms with Crippen LogP contribution in [-0.4, -0.2) is 72.7 Å². The molecule has 4 rings (SSSR count). The van der Waals surface area contributed by atoms with Crippen molar-refractivity contribution in [3.05, 3.63) is 24.2 Å². The van der Waals surface area contributed by atoms with Crippen molar-refractivity contribution in [3.63, 3.8) is 0 Å². The van der Waals surface area contributed by atoms with E-state index in [1.54, 1.807) is 12.5 Å². The van der Waals surface area contributed by atoms with Gasteiger partial charge in [0.15, 0.2) is 0 Å². The second-order valence-electron chi connectivity index (χ2n) is 6.92. The van der Waals surface area contributed by atoms with E-state index in [1.165, 1.54) is 5.56 Å². The summed E-state index contributed by atoms with van der Waals surface area (Å²) in [6.45, 7) is 6.96. The number of hydrogen-bond donors (Lipinski definition) is 0. The minimum absolute atomic E-state index is 0.191. The molecule has 0 N–H and O–H groups in total. The molecule has 4 heterocycles.